The third-order valence-electron chi connectivity index (χ3n) is 1.76. The largest absolute Gasteiger partial charge is 0.366 e. The molecule has 0 fully saturated rings. The minimum atomic E-state index is -0.531. The molecule has 72 valence electrons. The van der Waals surface area contributed by atoms with Crippen molar-refractivity contribution in [2.24, 2.45) is 10.8 Å². The predicted octanol–water partition coefficient (Wildman–Crippen LogP) is 0.112. The van der Waals surface area contributed by atoms with Crippen LogP contribution in [0.1, 0.15) is 6.92 Å². The number of amides is 1. The van der Waals surface area contributed by atoms with Crippen LogP contribution in [0, 0.1) is 0 Å². The number of nitrogens with zero attached hydrogens (tertiary/aromatic N) is 1. The lowest BCUT2D eigenvalue weighted by Crippen LogP contribution is -2.39. The summed E-state index contributed by atoms with van der Waals surface area (Å²) in [5, 5.41) is 3.96. The summed E-state index contributed by atoms with van der Waals surface area (Å²) in [6, 6.07) is 0. The zero-order valence-corrected chi connectivity index (χ0v) is 9.45. The quantitative estimate of drug-likeness (QED) is 0.710. The van der Waals surface area contributed by atoms with Crippen LogP contribution in [0.3, 0.4) is 0 Å². The summed E-state index contributed by atoms with van der Waals surface area (Å²) in [6.45, 7) is 1.79. The number of carbonyl (C=O) groups is 1. The highest BCUT2D eigenvalue weighted by Gasteiger charge is 2.25. The average Bonchev–Trinajstić information content (AvgIpc) is 2.08. The molecule has 0 aromatic rings. The molecule has 1 rings (SSSR count). The molecule has 0 radical (unpaired) electrons. The Bertz CT molecular complexity index is 298. The number of carbonyl (C=O) groups excluding carboxylic acids is 1. The summed E-state index contributed by atoms with van der Waals surface area (Å²) >= 11 is 2.02. The van der Waals surface area contributed by atoms with Gasteiger partial charge in [-0.3, -0.25) is 10.2 Å². The summed E-state index contributed by atoms with van der Waals surface area (Å²) < 4.78 is 5.73. The van der Waals surface area contributed by atoms with Gasteiger partial charge in [-0.15, -0.1) is 0 Å². The molecule has 1 heterocycles. The Morgan fingerprint density at radius 2 is 2.38 bits per heavy atom. The van der Waals surface area contributed by atoms with E-state index in [4.69, 9.17) is 10.5 Å². The topological polar surface area (TPSA) is 76.7 Å². The van der Waals surface area contributed by atoms with Crippen molar-refractivity contribution in [3.05, 3.63) is 11.1 Å². The van der Waals surface area contributed by atoms with Crippen LogP contribution in [-0.4, -0.2) is 23.0 Å². The number of hydrazone groups is 1. The number of hydrogen-bond acceptors (Lipinski definition) is 4. The van der Waals surface area contributed by atoms with Crippen molar-refractivity contribution in [1.29, 1.82) is 0 Å². The fourth-order valence-electron chi connectivity index (χ4n) is 1.06. The second kappa shape index (κ2) is 4.05. The van der Waals surface area contributed by atoms with E-state index in [2.05, 4.69) is 10.5 Å². The first-order valence-corrected chi connectivity index (χ1v) is 4.68. The smallest absolute Gasteiger partial charge is 0.249 e. The first-order chi connectivity index (χ1) is 6.07. The first kappa shape index (κ1) is 10.5. The standard InChI is InChI=1S/C7H10IN3O2/c1-3-4(6(9)12)7(13-2)11-10-5(3)8/h7,11H,1-2H3,(H2,9,12). The highest BCUT2D eigenvalue weighted by Crippen LogP contribution is 2.18. The number of methoxy groups -OCH3 is 1. The predicted molar refractivity (Wildman–Crippen MR) is 57.3 cm³/mol. The Labute approximate surface area is 89.5 Å². The molecular formula is C7H10IN3O2. The fourth-order valence-corrected chi connectivity index (χ4v) is 1.49. The Balaban J connectivity index is 3.09. The lowest BCUT2D eigenvalue weighted by atomic mass is 10.1. The lowest BCUT2D eigenvalue weighted by Gasteiger charge is -2.22. The van der Waals surface area contributed by atoms with Gasteiger partial charge in [-0.25, -0.2) is 0 Å². The van der Waals surface area contributed by atoms with Crippen LogP contribution < -0.4 is 11.2 Å². The van der Waals surface area contributed by atoms with E-state index in [0.717, 1.165) is 9.29 Å². The summed E-state index contributed by atoms with van der Waals surface area (Å²) in [5.74, 6) is -0.485. The van der Waals surface area contributed by atoms with Gasteiger partial charge in [0.2, 0.25) is 5.91 Å². The van der Waals surface area contributed by atoms with Gasteiger partial charge in [-0.1, -0.05) is 0 Å². The van der Waals surface area contributed by atoms with Crippen LogP contribution in [0.15, 0.2) is 16.2 Å². The maximum atomic E-state index is 11.1. The van der Waals surface area contributed by atoms with Crippen molar-refractivity contribution in [2.75, 3.05) is 7.11 Å². The molecule has 0 spiro atoms. The van der Waals surface area contributed by atoms with Gasteiger partial charge < -0.3 is 10.5 Å². The van der Waals surface area contributed by atoms with Gasteiger partial charge in [0.15, 0.2) is 6.23 Å². The van der Waals surface area contributed by atoms with Gasteiger partial charge >= 0.3 is 0 Å². The Hall–Kier alpha value is -0.630. The monoisotopic (exact) mass is 295 g/mol. The van der Waals surface area contributed by atoms with Crippen molar-refractivity contribution in [3.8, 4) is 0 Å². The maximum Gasteiger partial charge on any atom is 0.249 e. The number of nitrogens with two attached hydrogens (primary N) is 1. The number of hydrogen-bond donors (Lipinski definition) is 2. The van der Waals surface area contributed by atoms with Crippen LogP contribution in [-0.2, 0) is 9.53 Å². The maximum absolute atomic E-state index is 11.1. The summed E-state index contributed by atoms with van der Waals surface area (Å²) in [6.07, 6.45) is -0.531. The van der Waals surface area contributed by atoms with Crippen LogP contribution in [0.4, 0.5) is 0 Å². The molecular weight excluding hydrogens is 285 g/mol. The van der Waals surface area contributed by atoms with Crippen LogP contribution in [0.5, 0.6) is 0 Å². The van der Waals surface area contributed by atoms with Crippen LogP contribution in [0.25, 0.3) is 0 Å². The van der Waals surface area contributed by atoms with E-state index in [1.807, 2.05) is 22.6 Å². The molecule has 0 aliphatic carbocycles. The SMILES string of the molecule is COC1NN=C(I)C(C)=C1C(N)=O. The molecule has 13 heavy (non-hydrogen) atoms. The Morgan fingerprint density at radius 3 is 2.85 bits per heavy atom. The van der Waals surface area contributed by atoms with Gasteiger partial charge in [0.1, 0.15) is 3.72 Å². The van der Waals surface area contributed by atoms with Crippen LogP contribution in [0.2, 0.25) is 0 Å². The summed E-state index contributed by atoms with van der Waals surface area (Å²) in [7, 11) is 1.49. The molecule has 0 aromatic carbocycles. The second-order valence-corrected chi connectivity index (χ2v) is 3.57. The molecule has 6 heteroatoms. The Morgan fingerprint density at radius 1 is 1.77 bits per heavy atom. The van der Waals surface area contributed by atoms with E-state index in [9.17, 15) is 4.79 Å². The van der Waals surface area contributed by atoms with E-state index in [0.29, 0.717) is 5.57 Å². The van der Waals surface area contributed by atoms with Crippen molar-refractivity contribution in [3.63, 3.8) is 0 Å². The third kappa shape index (κ3) is 1.99. The van der Waals surface area contributed by atoms with Gasteiger partial charge in [-0.05, 0) is 35.1 Å². The van der Waals surface area contributed by atoms with E-state index in [-0.39, 0.29) is 0 Å². The van der Waals surface area contributed by atoms with Crippen molar-refractivity contribution >= 4 is 32.2 Å². The number of primary amides is 1. The molecule has 0 saturated heterocycles. The molecule has 1 amide bonds. The van der Waals surface area contributed by atoms with E-state index < -0.39 is 12.1 Å². The van der Waals surface area contributed by atoms with Crippen LogP contribution >= 0.6 is 22.6 Å². The number of nitrogens with one attached hydrogen (secondary N) is 1. The molecule has 0 saturated carbocycles. The fraction of sp³-hybridized carbons (Fsp3) is 0.429. The van der Waals surface area contributed by atoms with Crippen molar-refractivity contribution in [2.45, 2.75) is 13.2 Å². The van der Waals surface area contributed by atoms with Crippen molar-refractivity contribution < 1.29 is 9.53 Å². The minimum Gasteiger partial charge on any atom is -0.366 e. The summed E-state index contributed by atoms with van der Waals surface area (Å²) in [4.78, 5) is 11.1. The molecule has 0 bridgehead atoms. The zero-order valence-electron chi connectivity index (χ0n) is 7.30. The zero-order chi connectivity index (χ0) is 10.0. The molecule has 1 atom stereocenters. The van der Waals surface area contributed by atoms with E-state index in [1.165, 1.54) is 7.11 Å². The highest BCUT2D eigenvalue weighted by atomic mass is 127. The van der Waals surface area contributed by atoms with E-state index in [1.54, 1.807) is 6.92 Å². The third-order valence-corrected chi connectivity index (χ3v) is 2.81. The molecule has 1 unspecified atom stereocenters. The minimum absolute atomic E-state index is 0.432. The normalized spacial score (nSPS) is 22.4. The number of rotatable bonds is 2. The van der Waals surface area contributed by atoms with Gasteiger partial charge in [-0.2, -0.15) is 5.10 Å². The summed E-state index contributed by atoms with van der Waals surface area (Å²) in [5.41, 5.74) is 9.09. The molecule has 1 aliphatic heterocycles. The molecule has 5 nitrogen and oxygen atoms in total. The van der Waals surface area contributed by atoms with Crippen molar-refractivity contribution in [1.82, 2.24) is 5.43 Å². The van der Waals surface area contributed by atoms with Gasteiger partial charge in [0.25, 0.3) is 0 Å². The number of ether oxygens (including phenoxy) is 1. The average molecular weight is 295 g/mol. The van der Waals surface area contributed by atoms with Gasteiger partial charge in [0, 0.05) is 7.11 Å². The van der Waals surface area contributed by atoms with E-state index >= 15 is 0 Å². The number of halogens is 1. The second-order valence-electron chi connectivity index (χ2n) is 2.55. The molecule has 0 aromatic heterocycles. The molecule has 1 aliphatic rings. The lowest BCUT2D eigenvalue weighted by molar-refractivity contribution is -0.116. The molecule has 3 N–H and O–H groups in total. The first-order valence-electron chi connectivity index (χ1n) is 3.60. The van der Waals surface area contributed by atoms with Gasteiger partial charge in [0.05, 0.1) is 5.57 Å². The highest BCUT2D eigenvalue weighted by molar-refractivity contribution is 14.1. The Kier molecular flexibility index (Phi) is 3.26. The number of allylic oxidation sites excluding steroid dienone is 1.